The van der Waals surface area contributed by atoms with Crippen molar-refractivity contribution in [2.45, 2.75) is 12.8 Å². The van der Waals surface area contributed by atoms with Gasteiger partial charge in [0.1, 0.15) is 0 Å². The minimum Gasteiger partial charge on any atom is -0.545 e. The lowest BCUT2D eigenvalue weighted by Gasteiger charge is -2.07. The van der Waals surface area contributed by atoms with E-state index in [0.29, 0.717) is 18.1 Å². The number of carboxylic acids is 2. The highest BCUT2D eigenvalue weighted by atomic mass is 79.9. The van der Waals surface area contributed by atoms with E-state index in [2.05, 4.69) is 43.6 Å². The van der Waals surface area contributed by atoms with Crippen molar-refractivity contribution in [1.82, 2.24) is 9.97 Å². The van der Waals surface area contributed by atoms with Gasteiger partial charge < -0.3 is 24.8 Å². The molecule has 21 heavy (non-hydrogen) atoms. The van der Waals surface area contributed by atoms with Crippen molar-refractivity contribution in [2.75, 3.05) is 0 Å². The molecule has 0 aliphatic carbocycles. The first kappa shape index (κ1) is 17.1. The molecule has 2 aromatic rings. The van der Waals surface area contributed by atoms with Crippen LogP contribution < -0.4 is 10.2 Å². The lowest BCUT2D eigenvalue weighted by molar-refractivity contribution is -0.301. The fourth-order valence-corrected chi connectivity index (χ4v) is 3.14. The Morgan fingerprint density at radius 2 is 1.95 bits per heavy atom. The molecule has 8 heteroatoms. The van der Waals surface area contributed by atoms with Crippen molar-refractivity contribution in [2.24, 2.45) is 0 Å². The van der Waals surface area contributed by atoms with Gasteiger partial charge in [0, 0.05) is 27.7 Å². The van der Waals surface area contributed by atoms with Crippen molar-refractivity contribution in [3.63, 3.8) is 0 Å². The van der Waals surface area contributed by atoms with E-state index < -0.39 is 11.9 Å². The predicted molar refractivity (Wildman–Crippen MR) is 77.3 cm³/mol. The third kappa shape index (κ3) is 5.92. The van der Waals surface area contributed by atoms with Gasteiger partial charge in [0.15, 0.2) is 0 Å². The maximum Gasteiger partial charge on any atom is 0.0921 e. The second-order valence-electron chi connectivity index (χ2n) is 3.88. The summed E-state index contributed by atoms with van der Waals surface area (Å²) in [4.78, 5) is 26.0. The summed E-state index contributed by atoms with van der Waals surface area (Å²) in [5.41, 5.74) is 2.47. The second kappa shape index (κ2) is 8.38. The minimum atomic E-state index is -1.55. The molecule has 0 bridgehead atoms. The molecule has 0 radical (unpaired) electrons. The summed E-state index contributed by atoms with van der Waals surface area (Å²) in [6.07, 6.45) is 4.35. The number of rotatable bonds is 4. The average molecular weight is 371 g/mol. The van der Waals surface area contributed by atoms with Crippen LogP contribution >= 0.6 is 27.3 Å². The smallest absolute Gasteiger partial charge is 0.0921 e. The van der Waals surface area contributed by atoms with Gasteiger partial charge in [-0.15, -0.1) is 0 Å². The molecule has 0 aromatic carbocycles. The Bertz CT molecular complexity index is 606. The number of nitrogens with zero attached hydrogens (tertiary/aromatic N) is 1. The van der Waals surface area contributed by atoms with Crippen LogP contribution in [0.15, 0.2) is 39.9 Å². The van der Waals surface area contributed by atoms with Crippen LogP contribution in [0.5, 0.6) is 0 Å². The highest BCUT2D eigenvalue weighted by Gasteiger charge is 2.13. The van der Waals surface area contributed by atoms with Crippen molar-refractivity contribution < 1.29 is 19.8 Å². The van der Waals surface area contributed by atoms with Crippen molar-refractivity contribution >= 4 is 39.2 Å². The first-order chi connectivity index (χ1) is 9.91. The van der Waals surface area contributed by atoms with Gasteiger partial charge in [-0.3, -0.25) is 0 Å². The van der Waals surface area contributed by atoms with Gasteiger partial charge in [-0.25, -0.2) is 4.98 Å². The number of halogens is 1. The zero-order chi connectivity index (χ0) is 15.8. The van der Waals surface area contributed by atoms with E-state index in [0.717, 1.165) is 5.69 Å². The van der Waals surface area contributed by atoms with Crippen molar-refractivity contribution in [3.8, 4) is 0 Å². The average Bonchev–Trinajstić information content (AvgIpc) is 3.07. The molecule has 1 unspecified atom stereocenters. The number of carbonyl (C=O) groups is 2. The molecule has 0 fully saturated rings. The van der Waals surface area contributed by atoms with Crippen LogP contribution in [0.2, 0.25) is 0 Å². The lowest BCUT2D eigenvalue weighted by atomic mass is 10.0. The molecule has 0 amide bonds. The van der Waals surface area contributed by atoms with Crippen LogP contribution in [-0.2, 0) is 9.59 Å². The van der Waals surface area contributed by atoms with Crippen LogP contribution in [0, 0.1) is 0 Å². The standard InChI is InChI=1S/C9H9BrN2S.C4H4O4/c1-6(9-2-11-5-12-9)7-3-13-4-8(7)10;5-3(6)1-2-4(7)8/h2-6H,1H3,(H,11,12);1-2H,(H,5,6)(H,7,8)/p-2/b;2-1+. The van der Waals surface area contributed by atoms with Gasteiger partial charge in [-0.1, -0.05) is 6.92 Å². The Hall–Kier alpha value is -1.93. The largest absolute Gasteiger partial charge is 0.545 e. The monoisotopic (exact) mass is 370 g/mol. The number of nitrogens with one attached hydrogen (secondary N) is 1. The van der Waals surface area contributed by atoms with Gasteiger partial charge in [0.05, 0.1) is 18.3 Å². The summed E-state index contributed by atoms with van der Waals surface area (Å²) in [5.74, 6) is -2.72. The topological polar surface area (TPSA) is 109 Å². The van der Waals surface area contributed by atoms with E-state index in [1.54, 1.807) is 17.7 Å². The zero-order valence-electron chi connectivity index (χ0n) is 10.9. The van der Waals surface area contributed by atoms with Crippen molar-refractivity contribution in [1.29, 1.82) is 0 Å². The number of imidazole rings is 1. The summed E-state index contributed by atoms with van der Waals surface area (Å²) in [5, 5.41) is 23.1. The fourth-order valence-electron chi connectivity index (χ4n) is 1.41. The molecule has 0 saturated carbocycles. The number of H-pyrrole nitrogens is 1. The Kier molecular flexibility index (Phi) is 6.83. The van der Waals surface area contributed by atoms with E-state index in [9.17, 15) is 19.8 Å². The second-order valence-corrected chi connectivity index (χ2v) is 5.47. The number of hydrogen-bond acceptors (Lipinski definition) is 6. The Morgan fingerprint density at radius 1 is 1.33 bits per heavy atom. The highest BCUT2D eigenvalue weighted by molar-refractivity contribution is 9.10. The maximum absolute atomic E-state index is 9.41. The van der Waals surface area contributed by atoms with Gasteiger partial charge in [-0.05, 0) is 39.0 Å². The summed E-state index contributed by atoms with van der Waals surface area (Å²) >= 11 is 5.24. The number of aliphatic carboxylic acids is 2. The lowest BCUT2D eigenvalue weighted by Crippen LogP contribution is -2.23. The highest BCUT2D eigenvalue weighted by Crippen LogP contribution is 2.31. The molecule has 112 valence electrons. The minimum absolute atomic E-state index is 0.378. The molecular weight excluding hydrogens is 360 g/mol. The summed E-state index contributed by atoms with van der Waals surface area (Å²) in [6.45, 7) is 2.17. The number of aromatic nitrogens is 2. The normalized spacial score (nSPS) is 11.7. The van der Waals surface area contributed by atoms with E-state index in [-0.39, 0.29) is 0 Å². The first-order valence-corrected chi connectivity index (χ1v) is 7.45. The molecule has 6 nitrogen and oxygen atoms in total. The molecule has 0 saturated heterocycles. The SMILES string of the molecule is CC(c1cnc[nH]1)c1cscc1Br.O=C([O-])/C=C/C(=O)[O-]. The van der Waals surface area contributed by atoms with Crippen LogP contribution in [-0.4, -0.2) is 21.9 Å². The van der Waals surface area contributed by atoms with Crippen LogP contribution in [0.3, 0.4) is 0 Å². The number of thiophene rings is 1. The van der Waals surface area contributed by atoms with Crippen LogP contribution in [0.25, 0.3) is 0 Å². The van der Waals surface area contributed by atoms with E-state index in [1.807, 2.05) is 6.20 Å². The molecule has 2 aromatic heterocycles. The fraction of sp³-hybridized carbons (Fsp3) is 0.154. The summed E-state index contributed by atoms with van der Waals surface area (Å²) in [6, 6.07) is 0. The van der Waals surface area contributed by atoms with Crippen LogP contribution in [0.1, 0.15) is 24.1 Å². The number of carboxylic acid groups (broad SMARTS) is 2. The van der Waals surface area contributed by atoms with E-state index in [4.69, 9.17) is 0 Å². The molecule has 2 heterocycles. The maximum atomic E-state index is 9.41. The quantitative estimate of drug-likeness (QED) is 0.784. The van der Waals surface area contributed by atoms with Gasteiger partial charge in [0.2, 0.25) is 0 Å². The number of aromatic amines is 1. The molecule has 2 rings (SSSR count). The summed E-state index contributed by atoms with van der Waals surface area (Å²) in [7, 11) is 0. The van der Waals surface area contributed by atoms with E-state index >= 15 is 0 Å². The number of hydrogen-bond donors (Lipinski definition) is 1. The Morgan fingerprint density at radius 3 is 2.33 bits per heavy atom. The molecular formula is C13H11BrN2O4S-2. The predicted octanol–water partition coefficient (Wildman–Crippen LogP) is 0.428. The number of carbonyl (C=O) groups excluding carboxylic acids is 2. The molecule has 1 N–H and O–H groups in total. The molecule has 1 atom stereocenters. The van der Waals surface area contributed by atoms with Crippen molar-refractivity contribution in [3.05, 3.63) is 51.2 Å². The third-order valence-electron chi connectivity index (χ3n) is 2.45. The molecule has 0 aliphatic heterocycles. The van der Waals surface area contributed by atoms with Gasteiger partial charge >= 0.3 is 0 Å². The molecule has 0 aliphatic rings. The Balaban J connectivity index is 0.000000240. The first-order valence-electron chi connectivity index (χ1n) is 5.71. The third-order valence-corrected chi connectivity index (χ3v) is 4.20. The zero-order valence-corrected chi connectivity index (χ0v) is 13.3. The Labute approximate surface area is 133 Å². The van der Waals surface area contributed by atoms with Gasteiger partial charge in [0.25, 0.3) is 0 Å². The van der Waals surface area contributed by atoms with Gasteiger partial charge in [-0.2, -0.15) is 11.3 Å². The van der Waals surface area contributed by atoms with Crippen LogP contribution in [0.4, 0.5) is 0 Å². The van der Waals surface area contributed by atoms with E-state index in [1.165, 1.54) is 10.0 Å². The summed E-state index contributed by atoms with van der Waals surface area (Å²) < 4.78 is 1.18. The molecule has 0 spiro atoms.